The minimum atomic E-state index is -0.709. The highest BCUT2D eigenvalue weighted by Crippen LogP contribution is 2.38. The summed E-state index contributed by atoms with van der Waals surface area (Å²) in [6.07, 6.45) is 1.04. The molecule has 1 aromatic rings. The van der Waals surface area contributed by atoms with Crippen LogP contribution in [0.1, 0.15) is 23.4 Å². The zero-order chi connectivity index (χ0) is 11.7. The second-order valence-electron chi connectivity index (χ2n) is 3.83. The van der Waals surface area contributed by atoms with Gasteiger partial charge in [-0.3, -0.25) is 0 Å². The van der Waals surface area contributed by atoms with Crippen LogP contribution in [-0.2, 0) is 6.42 Å². The van der Waals surface area contributed by atoms with Crippen LogP contribution in [0.3, 0.4) is 0 Å². The molecule has 16 heavy (non-hydrogen) atoms. The Morgan fingerprint density at radius 1 is 1.62 bits per heavy atom. The number of rotatable bonds is 2. The van der Waals surface area contributed by atoms with Gasteiger partial charge in [-0.2, -0.15) is 5.26 Å². The molecule has 0 saturated heterocycles. The van der Waals surface area contributed by atoms with Gasteiger partial charge in [-0.15, -0.1) is 11.6 Å². The Morgan fingerprint density at radius 2 is 2.38 bits per heavy atom. The molecule has 0 radical (unpaired) electrons. The topological polar surface area (TPSA) is 42.2 Å². The van der Waals surface area contributed by atoms with Crippen LogP contribution in [-0.4, -0.2) is 13.2 Å². The van der Waals surface area contributed by atoms with Crippen LogP contribution >= 0.6 is 11.6 Å². The molecule has 0 saturated carbocycles. The predicted molar refractivity (Wildman–Crippen MR) is 61.0 cm³/mol. The van der Waals surface area contributed by atoms with Crippen molar-refractivity contribution >= 4 is 11.6 Å². The smallest absolute Gasteiger partial charge is 0.149 e. The van der Waals surface area contributed by atoms with Crippen molar-refractivity contribution in [1.29, 1.82) is 5.26 Å². The number of methoxy groups -OCH3 is 1. The standard InChI is InChI=1S/C12H12ClNO2/c1-7-3-8-4-12(15-2)9(10(13)6-14)5-11(8)16-7/h4-5,7,10H,3H2,1-2H3. The van der Waals surface area contributed by atoms with Crippen molar-refractivity contribution < 1.29 is 9.47 Å². The number of ether oxygens (including phenoxy) is 2. The SMILES string of the molecule is COc1cc2c(cc1C(Cl)C#N)OC(C)C2. The lowest BCUT2D eigenvalue weighted by molar-refractivity contribution is 0.254. The van der Waals surface area contributed by atoms with Gasteiger partial charge < -0.3 is 9.47 Å². The Labute approximate surface area is 99.5 Å². The normalized spacial score (nSPS) is 19.5. The van der Waals surface area contributed by atoms with Crippen molar-refractivity contribution in [3.05, 3.63) is 23.3 Å². The zero-order valence-corrected chi connectivity index (χ0v) is 9.91. The largest absolute Gasteiger partial charge is 0.496 e. The van der Waals surface area contributed by atoms with E-state index >= 15 is 0 Å². The van der Waals surface area contributed by atoms with Crippen LogP contribution in [0.25, 0.3) is 0 Å². The predicted octanol–water partition coefficient (Wildman–Crippen LogP) is 2.82. The van der Waals surface area contributed by atoms with Gasteiger partial charge in [0.2, 0.25) is 0 Å². The van der Waals surface area contributed by atoms with Crippen LogP contribution in [0, 0.1) is 11.3 Å². The molecule has 2 unspecified atom stereocenters. The Morgan fingerprint density at radius 3 is 3.00 bits per heavy atom. The fraction of sp³-hybridized carbons (Fsp3) is 0.417. The third-order valence-corrected chi connectivity index (χ3v) is 2.97. The van der Waals surface area contributed by atoms with E-state index in [2.05, 4.69) is 0 Å². The molecule has 1 aliphatic heterocycles. The van der Waals surface area contributed by atoms with Crippen LogP contribution < -0.4 is 9.47 Å². The molecule has 2 rings (SSSR count). The molecule has 84 valence electrons. The molecule has 0 amide bonds. The summed E-state index contributed by atoms with van der Waals surface area (Å²) >= 11 is 5.92. The molecule has 0 bridgehead atoms. The number of fused-ring (bicyclic) bond motifs is 1. The van der Waals surface area contributed by atoms with E-state index in [9.17, 15) is 0 Å². The lowest BCUT2D eigenvalue weighted by Crippen LogP contribution is -2.05. The monoisotopic (exact) mass is 237 g/mol. The summed E-state index contributed by atoms with van der Waals surface area (Å²) in [6, 6.07) is 5.70. The third kappa shape index (κ3) is 1.81. The van der Waals surface area contributed by atoms with Gasteiger partial charge >= 0.3 is 0 Å². The van der Waals surface area contributed by atoms with Crippen LogP contribution in [0.4, 0.5) is 0 Å². The summed E-state index contributed by atoms with van der Waals surface area (Å²) in [7, 11) is 1.57. The average molecular weight is 238 g/mol. The molecule has 0 N–H and O–H groups in total. The lowest BCUT2D eigenvalue weighted by Gasteiger charge is -2.11. The van der Waals surface area contributed by atoms with Gasteiger partial charge in [-0.1, -0.05) is 0 Å². The number of hydrogen-bond acceptors (Lipinski definition) is 3. The van der Waals surface area contributed by atoms with Gasteiger partial charge in [0.1, 0.15) is 23.0 Å². The fourth-order valence-electron chi connectivity index (χ4n) is 1.90. The van der Waals surface area contributed by atoms with Crippen molar-refractivity contribution in [1.82, 2.24) is 0 Å². The molecule has 1 heterocycles. The first kappa shape index (κ1) is 11.1. The Kier molecular flexibility index (Phi) is 2.93. The van der Waals surface area contributed by atoms with Crippen molar-refractivity contribution in [2.75, 3.05) is 7.11 Å². The number of alkyl halides is 1. The quantitative estimate of drug-likeness (QED) is 0.743. The van der Waals surface area contributed by atoms with Crippen molar-refractivity contribution in [2.45, 2.75) is 24.8 Å². The molecule has 4 heteroatoms. The van der Waals surface area contributed by atoms with Crippen molar-refractivity contribution in [3.63, 3.8) is 0 Å². The van der Waals surface area contributed by atoms with Gasteiger partial charge in [0.15, 0.2) is 0 Å². The summed E-state index contributed by atoms with van der Waals surface area (Å²) in [5.41, 5.74) is 1.77. The second-order valence-corrected chi connectivity index (χ2v) is 4.26. The molecule has 0 spiro atoms. The fourth-order valence-corrected chi connectivity index (χ4v) is 2.07. The van der Waals surface area contributed by atoms with Crippen LogP contribution in [0.15, 0.2) is 12.1 Å². The molecular formula is C12H12ClNO2. The van der Waals surface area contributed by atoms with Gasteiger partial charge in [0.25, 0.3) is 0 Å². The van der Waals surface area contributed by atoms with Gasteiger partial charge in [-0.25, -0.2) is 0 Å². The first-order valence-corrected chi connectivity index (χ1v) is 5.50. The summed E-state index contributed by atoms with van der Waals surface area (Å²) in [4.78, 5) is 0. The molecular weight excluding hydrogens is 226 g/mol. The Bertz CT molecular complexity index is 453. The maximum atomic E-state index is 8.83. The number of halogens is 1. The van der Waals surface area contributed by atoms with Crippen molar-refractivity contribution in [3.8, 4) is 17.6 Å². The second kappa shape index (κ2) is 4.23. The number of hydrogen-bond donors (Lipinski definition) is 0. The zero-order valence-electron chi connectivity index (χ0n) is 9.16. The first-order chi connectivity index (χ1) is 7.65. The minimum Gasteiger partial charge on any atom is -0.496 e. The van der Waals surface area contributed by atoms with Crippen LogP contribution in [0.2, 0.25) is 0 Å². The van der Waals surface area contributed by atoms with E-state index in [4.69, 9.17) is 26.3 Å². The third-order valence-electron chi connectivity index (χ3n) is 2.63. The average Bonchev–Trinajstić information content (AvgIpc) is 2.65. The summed E-state index contributed by atoms with van der Waals surface area (Å²) in [6.45, 7) is 2.01. The van der Waals surface area contributed by atoms with Gasteiger partial charge in [-0.05, 0) is 19.1 Å². The number of nitrogens with zero attached hydrogens (tertiary/aromatic N) is 1. The summed E-state index contributed by atoms with van der Waals surface area (Å²) in [5.74, 6) is 1.46. The van der Waals surface area contributed by atoms with Crippen LogP contribution in [0.5, 0.6) is 11.5 Å². The molecule has 0 aromatic heterocycles. The Hall–Kier alpha value is -1.40. The van der Waals surface area contributed by atoms with E-state index in [1.54, 1.807) is 13.2 Å². The highest BCUT2D eigenvalue weighted by molar-refractivity contribution is 6.22. The maximum absolute atomic E-state index is 8.83. The maximum Gasteiger partial charge on any atom is 0.149 e. The molecule has 0 aliphatic carbocycles. The van der Waals surface area contributed by atoms with E-state index < -0.39 is 5.38 Å². The van der Waals surface area contributed by atoms with Crippen molar-refractivity contribution in [2.24, 2.45) is 0 Å². The lowest BCUT2D eigenvalue weighted by atomic mass is 10.0. The van der Waals surface area contributed by atoms with E-state index in [1.807, 2.05) is 19.1 Å². The number of benzene rings is 1. The molecule has 3 nitrogen and oxygen atoms in total. The van der Waals surface area contributed by atoms with Gasteiger partial charge in [0, 0.05) is 17.5 Å². The van der Waals surface area contributed by atoms with Gasteiger partial charge in [0.05, 0.1) is 13.2 Å². The Balaban J connectivity index is 2.47. The highest BCUT2D eigenvalue weighted by atomic mass is 35.5. The summed E-state index contributed by atoms with van der Waals surface area (Å²) in [5, 5.41) is 8.12. The first-order valence-electron chi connectivity index (χ1n) is 5.07. The minimum absolute atomic E-state index is 0.172. The molecule has 1 aliphatic rings. The molecule has 1 aromatic carbocycles. The van der Waals surface area contributed by atoms with E-state index in [1.165, 1.54) is 0 Å². The molecule has 0 fully saturated rings. The number of nitriles is 1. The van der Waals surface area contributed by atoms with E-state index in [0.717, 1.165) is 17.7 Å². The highest BCUT2D eigenvalue weighted by Gasteiger charge is 2.23. The molecule has 2 atom stereocenters. The summed E-state index contributed by atoms with van der Waals surface area (Å²) < 4.78 is 10.9. The van der Waals surface area contributed by atoms with E-state index in [-0.39, 0.29) is 6.10 Å². The van der Waals surface area contributed by atoms with E-state index in [0.29, 0.717) is 11.3 Å².